The molecule has 6 heteroatoms. The molecule has 0 spiro atoms. The molecular formula is C22H15ClN2O3. The van der Waals surface area contributed by atoms with Crippen molar-refractivity contribution in [3.05, 3.63) is 82.0 Å². The lowest BCUT2D eigenvalue weighted by Gasteiger charge is -2.18. The Morgan fingerprint density at radius 2 is 1.96 bits per heavy atom. The Labute approximate surface area is 167 Å². The normalized spacial score (nSPS) is 12.6. The second-order valence-corrected chi connectivity index (χ2v) is 6.80. The molecule has 0 aliphatic carbocycles. The minimum Gasteiger partial charge on any atom is -0.492 e. The van der Waals surface area contributed by atoms with Gasteiger partial charge >= 0.3 is 0 Å². The summed E-state index contributed by atoms with van der Waals surface area (Å²) in [5.74, 6) is 1.27. The fourth-order valence-electron chi connectivity index (χ4n) is 3.00. The number of nitriles is 1. The average Bonchev–Trinajstić information content (AvgIpc) is 2.70. The van der Waals surface area contributed by atoms with Crippen molar-refractivity contribution in [3.8, 4) is 23.4 Å². The minimum atomic E-state index is 0.0113. The van der Waals surface area contributed by atoms with E-state index < -0.39 is 0 Å². The molecule has 2 heterocycles. The van der Waals surface area contributed by atoms with Gasteiger partial charge in [-0.05, 0) is 41.8 Å². The predicted molar refractivity (Wildman–Crippen MR) is 104 cm³/mol. The second-order valence-electron chi connectivity index (χ2n) is 6.39. The predicted octanol–water partition coefficient (Wildman–Crippen LogP) is 4.95. The lowest BCUT2D eigenvalue weighted by Crippen LogP contribution is -2.15. The number of hydrogen-bond donors (Lipinski definition) is 0. The molecule has 4 rings (SSSR count). The number of ketones is 1. The zero-order valence-electron chi connectivity index (χ0n) is 14.8. The first-order valence-electron chi connectivity index (χ1n) is 8.74. The molecule has 0 saturated heterocycles. The van der Waals surface area contributed by atoms with Crippen molar-refractivity contribution in [2.75, 3.05) is 6.61 Å². The molecule has 0 unspecified atom stereocenters. The number of ether oxygens (including phenoxy) is 2. The van der Waals surface area contributed by atoms with Crippen molar-refractivity contribution in [2.45, 2.75) is 12.8 Å². The van der Waals surface area contributed by atoms with Crippen LogP contribution in [0.4, 0.5) is 0 Å². The summed E-state index contributed by atoms with van der Waals surface area (Å²) >= 11 is 6.29. The van der Waals surface area contributed by atoms with Gasteiger partial charge < -0.3 is 9.47 Å². The van der Waals surface area contributed by atoms with Crippen LogP contribution in [-0.2, 0) is 6.42 Å². The smallest absolute Gasteiger partial charge is 0.219 e. The first kappa shape index (κ1) is 18.0. The summed E-state index contributed by atoms with van der Waals surface area (Å²) < 4.78 is 11.4. The SMILES string of the molecule is N#Cc1ccc(Cc2ccnc(Oc3cc4c(cc3Cl)C(=O)CCO4)c2)cc1. The van der Waals surface area contributed by atoms with Gasteiger partial charge in [-0.3, -0.25) is 4.79 Å². The summed E-state index contributed by atoms with van der Waals surface area (Å²) in [7, 11) is 0. The van der Waals surface area contributed by atoms with E-state index in [-0.39, 0.29) is 5.78 Å². The molecule has 0 bridgehead atoms. The molecule has 0 N–H and O–H groups in total. The largest absolute Gasteiger partial charge is 0.492 e. The van der Waals surface area contributed by atoms with E-state index in [0.717, 1.165) is 11.1 Å². The molecule has 3 aromatic rings. The lowest BCUT2D eigenvalue weighted by atomic mass is 10.0. The number of carbonyl (C=O) groups is 1. The molecule has 1 aromatic heterocycles. The van der Waals surface area contributed by atoms with E-state index in [1.807, 2.05) is 24.3 Å². The molecular weight excluding hydrogens is 376 g/mol. The van der Waals surface area contributed by atoms with Gasteiger partial charge in [-0.15, -0.1) is 0 Å². The Hall–Kier alpha value is -3.36. The molecule has 138 valence electrons. The minimum absolute atomic E-state index is 0.0113. The standard InChI is InChI=1S/C22H15ClN2O3/c23-18-11-17-19(26)6-8-27-20(17)12-21(18)28-22-10-16(5-7-25-22)9-14-1-3-15(13-24)4-2-14/h1-5,7,10-12H,6,8-9H2. The molecule has 1 aliphatic rings. The van der Waals surface area contributed by atoms with Gasteiger partial charge in [0.05, 0.1) is 28.8 Å². The van der Waals surface area contributed by atoms with Crippen molar-refractivity contribution in [1.29, 1.82) is 5.26 Å². The summed E-state index contributed by atoms with van der Waals surface area (Å²) in [4.78, 5) is 16.2. The van der Waals surface area contributed by atoms with Crippen LogP contribution >= 0.6 is 11.6 Å². The molecule has 28 heavy (non-hydrogen) atoms. The molecule has 1 aliphatic heterocycles. The van der Waals surface area contributed by atoms with Crippen LogP contribution in [0.15, 0.2) is 54.7 Å². The number of pyridine rings is 1. The highest BCUT2D eigenvalue weighted by Gasteiger charge is 2.21. The first-order valence-corrected chi connectivity index (χ1v) is 9.11. The maximum Gasteiger partial charge on any atom is 0.219 e. The Morgan fingerprint density at radius 1 is 1.14 bits per heavy atom. The van der Waals surface area contributed by atoms with E-state index in [1.165, 1.54) is 0 Å². The van der Waals surface area contributed by atoms with Gasteiger partial charge in [0.25, 0.3) is 0 Å². The molecule has 0 atom stereocenters. The van der Waals surface area contributed by atoms with Gasteiger partial charge in [-0.1, -0.05) is 23.7 Å². The van der Waals surface area contributed by atoms with Crippen molar-refractivity contribution in [1.82, 2.24) is 4.98 Å². The number of fused-ring (bicyclic) bond motifs is 1. The zero-order valence-corrected chi connectivity index (χ0v) is 15.6. The number of halogens is 1. The van der Waals surface area contributed by atoms with Crippen LogP contribution in [0.2, 0.25) is 5.02 Å². The number of Topliss-reactive ketones (excluding diaryl/α,β-unsaturated/α-hetero) is 1. The van der Waals surface area contributed by atoms with Crippen LogP contribution in [0, 0.1) is 11.3 Å². The van der Waals surface area contributed by atoms with Crippen LogP contribution in [0.25, 0.3) is 0 Å². The maximum atomic E-state index is 12.0. The van der Waals surface area contributed by atoms with Gasteiger partial charge in [0.15, 0.2) is 11.5 Å². The molecule has 0 saturated carbocycles. The number of aromatic nitrogens is 1. The number of hydrogen-bond acceptors (Lipinski definition) is 5. The monoisotopic (exact) mass is 390 g/mol. The fraction of sp³-hybridized carbons (Fsp3) is 0.136. The third kappa shape index (κ3) is 3.83. The van der Waals surface area contributed by atoms with Crippen LogP contribution in [0.5, 0.6) is 17.4 Å². The molecule has 0 fully saturated rings. The van der Waals surface area contributed by atoms with Crippen molar-refractivity contribution in [3.63, 3.8) is 0 Å². The van der Waals surface area contributed by atoms with Gasteiger partial charge in [-0.25, -0.2) is 4.98 Å². The van der Waals surface area contributed by atoms with E-state index in [4.69, 9.17) is 26.3 Å². The summed E-state index contributed by atoms with van der Waals surface area (Å²) in [6.45, 7) is 0.352. The van der Waals surface area contributed by atoms with Gasteiger partial charge in [0, 0.05) is 24.8 Å². The zero-order chi connectivity index (χ0) is 19.5. The number of nitrogens with zero attached hydrogens (tertiary/aromatic N) is 2. The van der Waals surface area contributed by atoms with Crippen molar-refractivity contribution in [2.24, 2.45) is 0 Å². The number of carbonyl (C=O) groups excluding carboxylic acids is 1. The highest BCUT2D eigenvalue weighted by atomic mass is 35.5. The Bertz CT molecular complexity index is 1090. The summed E-state index contributed by atoms with van der Waals surface area (Å²) in [6, 6.07) is 16.5. The molecule has 5 nitrogen and oxygen atoms in total. The second kappa shape index (κ2) is 7.71. The third-order valence-electron chi connectivity index (χ3n) is 4.43. The topological polar surface area (TPSA) is 72.2 Å². The van der Waals surface area contributed by atoms with Crippen molar-refractivity contribution < 1.29 is 14.3 Å². The average molecular weight is 391 g/mol. The van der Waals surface area contributed by atoms with Gasteiger partial charge in [-0.2, -0.15) is 5.26 Å². The van der Waals surface area contributed by atoms with Crippen LogP contribution in [0.3, 0.4) is 0 Å². The summed E-state index contributed by atoms with van der Waals surface area (Å²) in [5.41, 5.74) is 3.20. The van der Waals surface area contributed by atoms with E-state index in [2.05, 4.69) is 11.1 Å². The summed E-state index contributed by atoms with van der Waals surface area (Å²) in [6.07, 6.45) is 2.70. The number of benzene rings is 2. The van der Waals surface area contributed by atoms with Crippen LogP contribution in [-0.4, -0.2) is 17.4 Å². The quantitative estimate of drug-likeness (QED) is 0.629. The summed E-state index contributed by atoms with van der Waals surface area (Å²) in [5, 5.41) is 9.22. The fourth-order valence-corrected chi connectivity index (χ4v) is 3.20. The van der Waals surface area contributed by atoms with Crippen LogP contribution in [0.1, 0.15) is 33.5 Å². The highest BCUT2D eigenvalue weighted by Crippen LogP contribution is 2.37. The Balaban J connectivity index is 1.55. The van der Waals surface area contributed by atoms with Gasteiger partial charge in [0.2, 0.25) is 5.88 Å². The van der Waals surface area contributed by atoms with Crippen molar-refractivity contribution >= 4 is 17.4 Å². The van der Waals surface area contributed by atoms with E-state index in [1.54, 1.807) is 30.5 Å². The molecule has 0 amide bonds. The number of rotatable bonds is 4. The van der Waals surface area contributed by atoms with Crippen LogP contribution < -0.4 is 9.47 Å². The first-order chi connectivity index (χ1) is 13.6. The Kier molecular flexibility index (Phi) is 4.96. The van der Waals surface area contributed by atoms with E-state index in [9.17, 15) is 4.79 Å². The lowest BCUT2D eigenvalue weighted by molar-refractivity contribution is 0.0933. The molecule has 0 radical (unpaired) electrons. The van der Waals surface area contributed by atoms with E-state index in [0.29, 0.717) is 53.0 Å². The van der Waals surface area contributed by atoms with Gasteiger partial charge in [0.1, 0.15) is 5.75 Å². The van der Waals surface area contributed by atoms with E-state index >= 15 is 0 Å². The molecule has 2 aromatic carbocycles. The maximum absolute atomic E-state index is 12.0. The highest BCUT2D eigenvalue weighted by molar-refractivity contribution is 6.32. The third-order valence-corrected chi connectivity index (χ3v) is 4.72. The Morgan fingerprint density at radius 3 is 2.75 bits per heavy atom.